The molecule has 1 aromatic heterocycles. The molecule has 0 aliphatic carbocycles. The van der Waals surface area contributed by atoms with E-state index in [1.807, 2.05) is 11.7 Å². The molecule has 1 aromatic rings. The van der Waals surface area contributed by atoms with E-state index in [4.69, 9.17) is 4.74 Å². The smallest absolute Gasteiger partial charge is 0.0641 e. The Morgan fingerprint density at radius 2 is 2.29 bits per heavy atom. The van der Waals surface area contributed by atoms with Gasteiger partial charge < -0.3 is 10.1 Å². The van der Waals surface area contributed by atoms with Crippen molar-refractivity contribution in [3.63, 3.8) is 0 Å². The van der Waals surface area contributed by atoms with E-state index < -0.39 is 0 Å². The number of aryl methyl sites for hydroxylation is 2. The molecule has 0 amide bonds. The van der Waals surface area contributed by atoms with E-state index in [1.165, 1.54) is 17.7 Å². The molecule has 96 valence electrons. The zero-order valence-electron chi connectivity index (χ0n) is 11.3. The lowest BCUT2D eigenvalue weighted by Crippen LogP contribution is -2.33. The van der Waals surface area contributed by atoms with Crippen LogP contribution in [0.2, 0.25) is 0 Å². The quantitative estimate of drug-likeness (QED) is 0.863. The van der Waals surface area contributed by atoms with E-state index in [9.17, 15) is 0 Å². The fourth-order valence-electron chi connectivity index (χ4n) is 2.45. The van der Waals surface area contributed by atoms with Gasteiger partial charge in [-0.2, -0.15) is 5.10 Å². The van der Waals surface area contributed by atoms with Gasteiger partial charge in [0.25, 0.3) is 0 Å². The average Bonchev–Trinajstić information content (AvgIpc) is 2.88. The van der Waals surface area contributed by atoms with Crippen LogP contribution in [0.25, 0.3) is 0 Å². The zero-order valence-corrected chi connectivity index (χ0v) is 11.3. The number of ether oxygens (including phenoxy) is 1. The van der Waals surface area contributed by atoms with Gasteiger partial charge in [0, 0.05) is 37.5 Å². The first kappa shape index (κ1) is 12.6. The number of nitrogens with zero attached hydrogens (tertiary/aromatic N) is 2. The van der Waals surface area contributed by atoms with Crippen LogP contribution in [0.4, 0.5) is 0 Å². The summed E-state index contributed by atoms with van der Waals surface area (Å²) in [7, 11) is 2.00. The van der Waals surface area contributed by atoms with E-state index in [2.05, 4.69) is 31.2 Å². The van der Waals surface area contributed by atoms with Crippen LogP contribution in [0.3, 0.4) is 0 Å². The molecule has 0 radical (unpaired) electrons. The minimum atomic E-state index is 0.511. The molecule has 0 saturated carbocycles. The van der Waals surface area contributed by atoms with Crippen molar-refractivity contribution < 1.29 is 4.74 Å². The summed E-state index contributed by atoms with van der Waals surface area (Å²) in [6, 6.07) is 0.511. The first-order valence-electron chi connectivity index (χ1n) is 6.39. The molecule has 0 bridgehead atoms. The van der Waals surface area contributed by atoms with Gasteiger partial charge in [-0.3, -0.25) is 4.68 Å². The van der Waals surface area contributed by atoms with Gasteiger partial charge in [-0.25, -0.2) is 0 Å². The Labute approximate surface area is 103 Å². The van der Waals surface area contributed by atoms with E-state index in [1.54, 1.807) is 0 Å². The van der Waals surface area contributed by atoms with Crippen molar-refractivity contribution in [1.29, 1.82) is 0 Å². The topological polar surface area (TPSA) is 39.1 Å². The molecule has 2 heterocycles. The molecule has 4 nitrogen and oxygen atoms in total. The van der Waals surface area contributed by atoms with Gasteiger partial charge in [0.2, 0.25) is 0 Å². The summed E-state index contributed by atoms with van der Waals surface area (Å²) >= 11 is 0. The summed E-state index contributed by atoms with van der Waals surface area (Å²) in [4.78, 5) is 0. The van der Waals surface area contributed by atoms with Crippen LogP contribution in [0.1, 0.15) is 30.3 Å². The Morgan fingerprint density at radius 3 is 2.82 bits per heavy atom. The second kappa shape index (κ2) is 5.19. The van der Waals surface area contributed by atoms with Crippen molar-refractivity contribution >= 4 is 0 Å². The standard InChI is InChI=1S/C13H23N3O/c1-9(12-5-6-17-8-12)14-7-13-10(2)15-16(4)11(13)3/h9,12,14H,5-8H2,1-4H3. The monoisotopic (exact) mass is 237 g/mol. The van der Waals surface area contributed by atoms with Crippen LogP contribution < -0.4 is 5.32 Å². The van der Waals surface area contributed by atoms with Crippen LogP contribution in [-0.2, 0) is 18.3 Å². The lowest BCUT2D eigenvalue weighted by Gasteiger charge is -2.19. The third kappa shape index (κ3) is 2.69. The molecule has 0 spiro atoms. The van der Waals surface area contributed by atoms with Crippen molar-refractivity contribution in [2.75, 3.05) is 13.2 Å². The fourth-order valence-corrected chi connectivity index (χ4v) is 2.45. The maximum absolute atomic E-state index is 5.43. The number of aromatic nitrogens is 2. The predicted octanol–water partition coefficient (Wildman–Crippen LogP) is 1.55. The van der Waals surface area contributed by atoms with Crippen LogP contribution in [0.5, 0.6) is 0 Å². The van der Waals surface area contributed by atoms with Gasteiger partial charge >= 0.3 is 0 Å². The Hall–Kier alpha value is -0.870. The molecule has 2 rings (SSSR count). The minimum Gasteiger partial charge on any atom is -0.381 e. The van der Waals surface area contributed by atoms with E-state index in [-0.39, 0.29) is 0 Å². The van der Waals surface area contributed by atoms with Crippen molar-refractivity contribution in [1.82, 2.24) is 15.1 Å². The molecular weight excluding hydrogens is 214 g/mol. The number of nitrogens with one attached hydrogen (secondary N) is 1. The summed E-state index contributed by atoms with van der Waals surface area (Å²) < 4.78 is 7.38. The third-order valence-corrected chi connectivity index (χ3v) is 3.93. The average molecular weight is 237 g/mol. The normalized spacial score (nSPS) is 22.0. The number of hydrogen-bond donors (Lipinski definition) is 1. The second-order valence-electron chi connectivity index (χ2n) is 5.07. The number of rotatable bonds is 4. The highest BCUT2D eigenvalue weighted by Crippen LogP contribution is 2.18. The molecule has 4 heteroatoms. The maximum atomic E-state index is 5.43. The summed E-state index contributed by atoms with van der Waals surface area (Å²) in [6.45, 7) is 9.18. The lowest BCUT2D eigenvalue weighted by atomic mass is 10.0. The zero-order chi connectivity index (χ0) is 12.4. The molecule has 1 N–H and O–H groups in total. The van der Waals surface area contributed by atoms with Crippen LogP contribution >= 0.6 is 0 Å². The molecule has 0 aromatic carbocycles. The molecule has 17 heavy (non-hydrogen) atoms. The fraction of sp³-hybridized carbons (Fsp3) is 0.769. The molecule has 1 aliphatic heterocycles. The molecule has 1 saturated heterocycles. The van der Waals surface area contributed by atoms with Gasteiger partial charge in [-0.05, 0) is 33.1 Å². The Kier molecular flexibility index (Phi) is 3.84. The number of hydrogen-bond acceptors (Lipinski definition) is 3. The van der Waals surface area contributed by atoms with E-state index in [0.717, 1.165) is 25.5 Å². The van der Waals surface area contributed by atoms with Crippen molar-refractivity contribution in [3.8, 4) is 0 Å². The summed E-state index contributed by atoms with van der Waals surface area (Å²) in [5.41, 5.74) is 3.72. The van der Waals surface area contributed by atoms with Crippen LogP contribution in [-0.4, -0.2) is 29.0 Å². The van der Waals surface area contributed by atoms with Crippen LogP contribution in [0.15, 0.2) is 0 Å². The van der Waals surface area contributed by atoms with Crippen molar-refractivity contribution in [3.05, 3.63) is 17.0 Å². The largest absolute Gasteiger partial charge is 0.381 e. The minimum absolute atomic E-state index is 0.511. The second-order valence-corrected chi connectivity index (χ2v) is 5.07. The van der Waals surface area contributed by atoms with Gasteiger partial charge in [0.1, 0.15) is 0 Å². The lowest BCUT2D eigenvalue weighted by molar-refractivity contribution is 0.178. The summed E-state index contributed by atoms with van der Waals surface area (Å²) in [5.74, 6) is 0.660. The van der Waals surface area contributed by atoms with Gasteiger partial charge in [0.15, 0.2) is 0 Å². The highest BCUT2D eigenvalue weighted by atomic mass is 16.5. The maximum Gasteiger partial charge on any atom is 0.0641 e. The van der Waals surface area contributed by atoms with Gasteiger partial charge in [-0.1, -0.05) is 0 Å². The first-order chi connectivity index (χ1) is 8.09. The van der Waals surface area contributed by atoms with Crippen molar-refractivity contribution in [2.45, 2.75) is 39.8 Å². The highest BCUT2D eigenvalue weighted by molar-refractivity contribution is 5.24. The van der Waals surface area contributed by atoms with Gasteiger partial charge in [-0.15, -0.1) is 0 Å². The van der Waals surface area contributed by atoms with E-state index >= 15 is 0 Å². The molecule has 1 fully saturated rings. The Bertz CT molecular complexity index is 380. The highest BCUT2D eigenvalue weighted by Gasteiger charge is 2.22. The third-order valence-electron chi connectivity index (χ3n) is 3.93. The summed E-state index contributed by atoms with van der Waals surface area (Å²) in [6.07, 6.45) is 1.18. The van der Waals surface area contributed by atoms with Gasteiger partial charge in [0.05, 0.1) is 12.3 Å². The Balaban J connectivity index is 1.92. The van der Waals surface area contributed by atoms with Crippen molar-refractivity contribution in [2.24, 2.45) is 13.0 Å². The van der Waals surface area contributed by atoms with Crippen LogP contribution in [0, 0.1) is 19.8 Å². The molecule has 2 unspecified atom stereocenters. The first-order valence-corrected chi connectivity index (χ1v) is 6.39. The van der Waals surface area contributed by atoms with E-state index in [0.29, 0.717) is 12.0 Å². The summed E-state index contributed by atoms with van der Waals surface area (Å²) in [5, 5.41) is 8.04. The molecule has 1 aliphatic rings. The SMILES string of the molecule is Cc1nn(C)c(C)c1CNC(C)C1CCOC1. The molecule has 2 atom stereocenters. The predicted molar refractivity (Wildman–Crippen MR) is 67.9 cm³/mol. The molecular formula is C13H23N3O. The Morgan fingerprint density at radius 1 is 1.53 bits per heavy atom.